The number of benzene rings is 2. The summed E-state index contributed by atoms with van der Waals surface area (Å²) in [6.45, 7) is 3.38. The van der Waals surface area contributed by atoms with Crippen LogP contribution >= 0.6 is 0 Å². The minimum Gasteiger partial charge on any atom is -0.492 e. The smallest absolute Gasteiger partial charge is 0.123 e. The van der Waals surface area contributed by atoms with Crippen LogP contribution in [0.15, 0.2) is 48.5 Å². The lowest BCUT2D eigenvalue weighted by molar-refractivity contribution is 0.219. The first-order chi connectivity index (χ1) is 10.2. The van der Waals surface area contributed by atoms with E-state index >= 15 is 0 Å². The van der Waals surface area contributed by atoms with Gasteiger partial charge in [0.15, 0.2) is 0 Å². The second kappa shape index (κ2) is 5.97. The summed E-state index contributed by atoms with van der Waals surface area (Å²) in [7, 11) is 0. The highest BCUT2D eigenvalue weighted by molar-refractivity contribution is 5.94. The number of rotatable bonds is 3. The first-order valence-corrected chi connectivity index (χ1v) is 7.09. The van der Waals surface area contributed by atoms with Crippen molar-refractivity contribution in [3.8, 4) is 5.75 Å². The Morgan fingerprint density at radius 1 is 1.14 bits per heavy atom. The van der Waals surface area contributed by atoms with Gasteiger partial charge in [0.25, 0.3) is 0 Å². The number of nitrogens with one attached hydrogen (secondary N) is 1. The summed E-state index contributed by atoms with van der Waals surface area (Å²) in [4.78, 5) is 2.37. The Kier molecular flexibility index (Phi) is 3.88. The lowest BCUT2D eigenvalue weighted by Crippen LogP contribution is -2.25. The molecule has 0 unspecified atom stereocenters. The molecule has 0 radical (unpaired) electrons. The topological polar surface area (TPSA) is 62.3 Å². The number of nitrogen functional groups attached to an aromatic ring is 1. The molecular formula is C17H19N3O. The quantitative estimate of drug-likeness (QED) is 0.670. The molecule has 1 aliphatic rings. The van der Waals surface area contributed by atoms with Gasteiger partial charge >= 0.3 is 0 Å². The van der Waals surface area contributed by atoms with Crippen LogP contribution in [-0.4, -0.2) is 23.9 Å². The summed E-state index contributed by atoms with van der Waals surface area (Å²) < 4.78 is 5.78. The van der Waals surface area contributed by atoms with Crippen LogP contribution in [0.5, 0.6) is 5.75 Å². The highest BCUT2D eigenvalue weighted by atomic mass is 16.5. The van der Waals surface area contributed by atoms with Gasteiger partial charge in [-0.05, 0) is 11.6 Å². The van der Waals surface area contributed by atoms with Crippen LogP contribution in [0.25, 0.3) is 0 Å². The molecule has 0 fully saturated rings. The molecule has 0 saturated heterocycles. The number of hydrogen-bond donors (Lipinski definition) is 2. The predicted molar refractivity (Wildman–Crippen MR) is 83.5 cm³/mol. The van der Waals surface area contributed by atoms with Crippen LogP contribution in [0.2, 0.25) is 0 Å². The van der Waals surface area contributed by atoms with Crippen LogP contribution in [0.1, 0.15) is 16.7 Å². The first kappa shape index (κ1) is 13.6. The van der Waals surface area contributed by atoms with E-state index in [0.29, 0.717) is 6.61 Å². The number of nitrogens with zero attached hydrogens (tertiary/aromatic N) is 1. The fraction of sp³-hybridized carbons (Fsp3) is 0.235. The van der Waals surface area contributed by atoms with E-state index in [1.54, 1.807) is 0 Å². The van der Waals surface area contributed by atoms with E-state index in [4.69, 9.17) is 15.9 Å². The van der Waals surface area contributed by atoms with E-state index < -0.39 is 0 Å². The van der Waals surface area contributed by atoms with E-state index in [-0.39, 0.29) is 5.84 Å². The van der Waals surface area contributed by atoms with Crippen molar-refractivity contribution in [3.63, 3.8) is 0 Å². The van der Waals surface area contributed by atoms with Crippen molar-refractivity contribution in [2.75, 3.05) is 13.2 Å². The molecule has 21 heavy (non-hydrogen) atoms. The second-order valence-electron chi connectivity index (χ2n) is 5.28. The Labute approximate surface area is 124 Å². The molecule has 3 rings (SSSR count). The summed E-state index contributed by atoms with van der Waals surface area (Å²) in [6.07, 6.45) is 0. The Hall–Kier alpha value is -2.33. The number of amidine groups is 1. The normalized spacial score (nSPS) is 14.9. The van der Waals surface area contributed by atoms with Crippen molar-refractivity contribution in [1.29, 1.82) is 5.41 Å². The van der Waals surface area contributed by atoms with Crippen LogP contribution in [0.4, 0.5) is 0 Å². The fourth-order valence-electron chi connectivity index (χ4n) is 2.56. The summed E-state index contributed by atoms with van der Waals surface area (Å²) >= 11 is 0. The molecule has 0 amide bonds. The van der Waals surface area contributed by atoms with Gasteiger partial charge in [0.2, 0.25) is 0 Å². The number of ether oxygens (including phenoxy) is 1. The third-order valence-corrected chi connectivity index (χ3v) is 3.70. The summed E-state index contributed by atoms with van der Waals surface area (Å²) in [5, 5.41) is 7.42. The van der Waals surface area contributed by atoms with Gasteiger partial charge in [0.1, 0.15) is 18.2 Å². The summed E-state index contributed by atoms with van der Waals surface area (Å²) in [5.74, 6) is 1.10. The Balaban J connectivity index is 1.71. The van der Waals surface area contributed by atoms with Crippen molar-refractivity contribution in [3.05, 3.63) is 65.2 Å². The van der Waals surface area contributed by atoms with Gasteiger partial charge < -0.3 is 10.5 Å². The Bertz CT molecular complexity index is 637. The third-order valence-electron chi connectivity index (χ3n) is 3.70. The molecule has 2 aromatic rings. The Morgan fingerprint density at radius 3 is 2.67 bits per heavy atom. The summed E-state index contributed by atoms with van der Waals surface area (Å²) in [5.41, 5.74) is 8.70. The standard InChI is InChI=1S/C17H19N3O/c18-17(19)14-7-5-13(6-8-14)11-20-9-10-21-16-4-2-1-3-15(16)12-20/h1-8H,9-12H2,(H3,18,19). The van der Waals surface area contributed by atoms with E-state index in [1.165, 1.54) is 11.1 Å². The molecule has 4 heteroatoms. The zero-order chi connectivity index (χ0) is 14.7. The number of para-hydroxylation sites is 1. The highest BCUT2D eigenvalue weighted by Gasteiger charge is 2.14. The van der Waals surface area contributed by atoms with Crippen molar-refractivity contribution in [2.45, 2.75) is 13.1 Å². The van der Waals surface area contributed by atoms with Gasteiger partial charge in [-0.25, -0.2) is 0 Å². The van der Waals surface area contributed by atoms with Crippen LogP contribution < -0.4 is 10.5 Å². The lowest BCUT2D eigenvalue weighted by atomic mass is 10.1. The van der Waals surface area contributed by atoms with E-state index in [1.807, 2.05) is 42.5 Å². The lowest BCUT2D eigenvalue weighted by Gasteiger charge is -2.19. The molecular weight excluding hydrogens is 262 g/mol. The van der Waals surface area contributed by atoms with Gasteiger partial charge in [-0.1, -0.05) is 42.5 Å². The molecule has 4 nitrogen and oxygen atoms in total. The molecule has 2 aromatic carbocycles. The molecule has 0 atom stereocenters. The molecule has 0 spiro atoms. The van der Waals surface area contributed by atoms with E-state index in [2.05, 4.69) is 11.0 Å². The van der Waals surface area contributed by atoms with Crippen molar-refractivity contribution in [2.24, 2.45) is 5.73 Å². The molecule has 0 saturated carbocycles. The molecule has 108 valence electrons. The second-order valence-corrected chi connectivity index (χ2v) is 5.28. The minimum atomic E-state index is 0.110. The zero-order valence-electron chi connectivity index (χ0n) is 11.9. The first-order valence-electron chi connectivity index (χ1n) is 7.09. The maximum absolute atomic E-state index is 7.42. The average molecular weight is 281 g/mol. The van der Waals surface area contributed by atoms with Crippen LogP contribution in [0, 0.1) is 5.41 Å². The summed E-state index contributed by atoms with van der Waals surface area (Å²) in [6, 6.07) is 16.1. The zero-order valence-corrected chi connectivity index (χ0v) is 11.9. The van der Waals surface area contributed by atoms with Crippen molar-refractivity contribution < 1.29 is 4.74 Å². The minimum absolute atomic E-state index is 0.110. The molecule has 1 aliphatic heterocycles. The SMILES string of the molecule is N=C(N)c1ccc(CN2CCOc3ccccc3C2)cc1. The van der Waals surface area contributed by atoms with Gasteiger partial charge in [0.05, 0.1) is 0 Å². The number of nitrogens with two attached hydrogens (primary N) is 1. The monoisotopic (exact) mass is 281 g/mol. The Morgan fingerprint density at radius 2 is 1.90 bits per heavy atom. The van der Waals surface area contributed by atoms with Gasteiger partial charge in [0, 0.05) is 30.8 Å². The molecule has 3 N–H and O–H groups in total. The molecule has 0 aromatic heterocycles. The van der Waals surface area contributed by atoms with Crippen molar-refractivity contribution in [1.82, 2.24) is 4.90 Å². The van der Waals surface area contributed by atoms with E-state index in [9.17, 15) is 0 Å². The largest absolute Gasteiger partial charge is 0.492 e. The highest BCUT2D eigenvalue weighted by Crippen LogP contribution is 2.23. The van der Waals surface area contributed by atoms with E-state index in [0.717, 1.165) is 30.9 Å². The number of fused-ring (bicyclic) bond motifs is 1. The maximum atomic E-state index is 7.42. The van der Waals surface area contributed by atoms with Crippen LogP contribution in [-0.2, 0) is 13.1 Å². The average Bonchev–Trinajstić information content (AvgIpc) is 2.69. The predicted octanol–water partition coefficient (Wildman–Crippen LogP) is 2.37. The van der Waals surface area contributed by atoms with Crippen LogP contribution in [0.3, 0.4) is 0 Å². The molecule has 0 aliphatic carbocycles. The van der Waals surface area contributed by atoms with Crippen molar-refractivity contribution >= 4 is 5.84 Å². The van der Waals surface area contributed by atoms with Gasteiger partial charge in [-0.3, -0.25) is 10.3 Å². The van der Waals surface area contributed by atoms with Gasteiger partial charge in [-0.2, -0.15) is 0 Å². The molecule has 0 bridgehead atoms. The maximum Gasteiger partial charge on any atom is 0.123 e. The fourth-order valence-corrected chi connectivity index (χ4v) is 2.56. The van der Waals surface area contributed by atoms with Gasteiger partial charge in [-0.15, -0.1) is 0 Å². The molecule has 1 heterocycles. The third kappa shape index (κ3) is 3.23. The number of hydrogen-bond acceptors (Lipinski definition) is 3.